The third-order valence-electron chi connectivity index (χ3n) is 5.15. The van der Waals surface area contributed by atoms with Gasteiger partial charge in [0, 0.05) is 13.0 Å². The molecule has 0 aliphatic carbocycles. The number of fused-ring (bicyclic) bond motifs is 2. The third kappa shape index (κ3) is 4.14. The zero-order valence-electron chi connectivity index (χ0n) is 17.4. The Morgan fingerprint density at radius 2 is 2.03 bits per heavy atom. The number of amides is 1. The molecular weight excluding hydrogens is 398 g/mol. The molecule has 1 aliphatic heterocycles. The molecule has 0 saturated heterocycles. The number of nitrogens with one attached hydrogen (secondary N) is 1. The van der Waals surface area contributed by atoms with Gasteiger partial charge in [-0.2, -0.15) is 0 Å². The highest BCUT2D eigenvalue weighted by atomic mass is 16.5. The lowest BCUT2D eigenvalue weighted by molar-refractivity contribution is -0.123. The summed E-state index contributed by atoms with van der Waals surface area (Å²) >= 11 is 0. The van der Waals surface area contributed by atoms with Crippen LogP contribution in [0.15, 0.2) is 47.3 Å². The minimum Gasteiger partial charge on any atom is -0.492 e. The monoisotopic (exact) mass is 421 g/mol. The summed E-state index contributed by atoms with van der Waals surface area (Å²) in [5, 5.41) is 3.18. The Labute approximate surface area is 178 Å². The van der Waals surface area contributed by atoms with Crippen molar-refractivity contribution in [2.75, 3.05) is 11.9 Å². The van der Waals surface area contributed by atoms with Gasteiger partial charge >= 0.3 is 5.97 Å². The largest absolute Gasteiger partial charge is 0.492 e. The average Bonchev–Trinajstić information content (AvgIpc) is 3.23. The summed E-state index contributed by atoms with van der Waals surface area (Å²) in [6, 6.07) is 11.7. The summed E-state index contributed by atoms with van der Waals surface area (Å²) < 4.78 is 12.5. The smallest absolute Gasteiger partial charge is 0.338 e. The predicted octanol–water partition coefficient (Wildman–Crippen LogP) is 2.93. The van der Waals surface area contributed by atoms with E-state index in [0.717, 1.165) is 18.7 Å². The molecule has 0 spiro atoms. The van der Waals surface area contributed by atoms with E-state index in [2.05, 4.69) is 10.3 Å². The van der Waals surface area contributed by atoms with E-state index in [1.54, 1.807) is 34.9 Å². The van der Waals surface area contributed by atoms with Crippen LogP contribution in [0.1, 0.15) is 36.5 Å². The number of anilines is 1. The molecule has 3 aromatic rings. The zero-order chi connectivity index (χ0) is 22.0. The number of hydrogen-bond acceptors (Lipinski definition) is 6. The van der Waals surface area contributed by atoms with E-state index in [1.165, 1.54) is 19.1 Å². The van der Waals surface area contributed by atoms with Crippen LogP contribution in [0.25, 0.3) is 10.9 Å². The van der Waals surface area contributed by atoms with Gasteiger partial charge < -0.3 is 14.8 Å². The molecule has 0 radical (unpaired) electrons. The molecular formula is C23H23N3O5. The van der Waals surface area contributed by atoms with Gasteiger partial charge in [-0.3, -0.25) is 14.2 Å². The normalized spacial score (nSPS) is 13.5. The molecule has 31 heavy (non-hydrogen) atoms. The van der Waals surface area contributed by atoms with Gasteiger partial charge in [-0.25, -0.2) is 9.78 Å². The second kappa shape index (κ2) is 8.59. The first kappa shape index (κ1) is 20.6. The second-order valence-electron chi connectivity index (χ2n) is 7.29. The van der Waals surface area contributed by atoms with E-state index in [0.29, 0.717) is 35.5 Å². The van der Waals surface area contributed by atoms with Crippen molar-refractivity contribution in [1.29, 1.82) is 0 Å². The first-order chi connectivity index (χ1) is 15.0. The van der Waals surface area contributed by atoms with Gasteiger partial charge in [0.15, 0.2) is 6.10 Å². The summed E-state index contributed by atoms with van der Waals surface area (Å²) in [5.41, 5.74) is 1.09. The Kier molecular flexibility index (Phi) is 5.70. The number of nitrogens with zero attached hydrogens (tertiary/aromatic N) is 2. The lowest BCUT2D eigenvalue weighted by atomic mass is 10.1. The highest BCUT2D eigenvalue weighted by Crippen LogP contribution is 2.24. The van der Waals surface area contributed by atoms with Gasteiger partial charge in [-0.05, 0) is 50.6 Å². The molecule has 0 saturated carbocycles. The van der Waals surface area contributed by atoms with Gasteiger partial charge in [0.1, 0.15) is 11.6 Å². The van der Waals surface area contributed by atoms with E-state index >= 15 is 0 Å². The molecule has 1 N–H and O–H groups in total. The van der Waals surface area contributed by atoms with Gasteiger partial charge in [-0.15, -0.1) is 0 Å². The van der Waals surface area contributed by atoms with Crippen molar-refractivity contribution in [1.82, 2.24) is 9.55 Å². The molecule has 8 nitrogen and oxygen atoms in total. The number of esters is 1. The molecule has 1 aliphatic rings. The summed E-state index contributed by atoms with van der Waals surface area (Å²) in [4.78, 5) is 42.2. The van der Waals surface area contributed by atoms with Crippen molar-refractivity contribution in [2.45, 2.75) is 39.3 Å². The van der Waals surface area contributed by atoms with Gasteiger partial charge in [0.25, 0.3) is 11.5 Å². The Morgan fingerprint density at radius 1 is 1.23 bits per heavy atom. The highest BCUT2D eigenvalue weighted by molar-refractivity contribution is 5.99. The number of ether oxygens (including phenoxy) is 2. The first-order valence-corrected chi connectivity index (χ1v) is 10.2. The maximum absolute atomic E-state index is 12.6. The molecule has 2 aromatic carbocycles. The minimum atomic E-state index is -1.03. The zero-order valence-corrected chi connectivity index (χ0v) is 17.4. The molecule has 1 atom stereocenters. The van der Waals surface area contributed by atoms with Crippen LogP contribution >= 0.6 is 0 Å². The van der Waals surface area contributed by atoms with Crippen molar-refractivity contribution >= 4 is 28.5 Å². The van der Waals surface area contributed by atoms with Crippen LogP contribution in [0.4, 0.5) is 5.69 Å². The number of aryl methyl sites for hydroxylation is 1. The molecule has 1 aromatic heterocycles. The second-order valence-corrected chi connectivity index (χ2v) is 7.29. The third-order valence-corrected chi connectivity index (χ3v) is 5.15. The van der Waals surface area contributed by atoms with Crippen LogP contribution in [0.5, 0.6) is 5.75 Å². The van der Waals surface area contributed by atoms with E-state index in [4.69, 9.17) is 9.47 Å². The molecule has 2 heterocycles. The van der Waals surface area contributed by atoms with Gasteiger partial charge in [0.2, 0.25) is 0 Å². The molecule has 0 bridgehead atoms. The van der Waals surface area contributed by atoms with Crippen molar-refractivity contribution in [3.8, 4) is 5.75 Å². The first-order valence-electron chi connectivity index (χ1n) is 10.2. The number of para-hydroxylation sites is 2. The van der Waals surface area contributed by atoms with Crippen LogP contribution in [0, 0.1) is 0 Å². The van der Waals surface area contributed by atoms with Gasteiger partial charge in [-0.1, -0.05) is 12.1 Å². The molecule has 160 valence electrons. The van der Waals surface area contributed by atoms with Crippen LogP contribution in [0.3, 0.4) is 0 Å². The quantitative estimate of drug-likeness (QED) is 0.615. The summed E-state index contributed by atoms with van der Waals surface area (Å²) in [6.45, 7) is 4.47. The SMILES string of the molecule is CCOc1ccccc1NC(=O)[C@H](C)OC(=O)c1ccc2c(=O)n3c(nc2c1)CCC3. The Bertz CT molecular complexity index is 1220. The summed E-state index contributed by atoms with van der Waals surface area (Å²) in [6.07, 6.45) is 0.587. The van der Waals surface area contributed by atoms with E-state index in [9.17, 15) is 14.4 Å². The van der Waals surface area contributed by atoms with Gasteiger partial charge in [0.05, 0.1) is 28.8 Å². The fourth-order valence-electron chi connectivity index (χ4n) is 3.58. The number of aromatic nitrogens is 2. The Balaban J connectivity index is 1.49. The summed E-state index contributed by atoms with van der Waals surface area (Å²) in [7, 11) is 0. The van der Waals surface area contributed by atoms with E-state index < -0.39 is 18.0 Å². The van der Waals surface area contributed by atoms with Crippen LogP contribution in [0.2, 0.25) is 0 Å². The average molecular weight is 421 g/mol. The Morgan fingerprint density at radius 3 is 2.84 bits per heavy atom. The lowest BCUT2D eigenvalue weighted by Crippen LogP contribution is -2.30. The predicted molar refractivity (Wildman–Crippen MR) is 115 cm³/mol. The van der Waals surface area contributed by atoms with Crippen LogP contribution in [-0.2, 0) is 22.5 Å². The molecule has 8 heteroatoms. The fraction of sp³-hybridized carbons (Fsp3) is 0.304. The fourth-order valence-corrected chi connectivity index (χ4v) is 3.58. The maximum atomic E-state index is 12.6. The summed E-state index contributed by atoms with van der Waals surface area (Å²) in [5.74, 6) is 0.126. The van der Waals surface area contributed by atoms with Crippen molar-refractivity contribution < 1.29 is 19.1 Å². The number of hydrogen-bond donors (Lipinski definition) is 1. The Hall–Kier alpha value is -3.68. The standard InChI is InChI=1S/C23H23N3O5/c1-3-30-19-8-5-4-7-17(19)25-21(27)14(2)31-23(29)15-10-11-16-18(13-15)24-20-9-6-12-26(20)22(16)28/h4-5,7-8,10-11,13-14H,3,6,9,12H2,1-2H3,(H,25,27)/t14-/m0/s1. The molecule has 4 rings (SSSR count). The van der Waals surface area contributed by atoms with Crippen molar-refractivity contribution in [2.24, 2.45) is 0 Å². The van der Waals surface area contributed by atoms with Crippen LogP contribution < -0.4 is 15.6 Å². The number of rotatable bonds is 6. The maximum Gasteiger partial charge on any atom is 0.338 e. The topological polar surface area (TPSA) is 99.5 Å². The number of carbonyl (C=O) groups excluding carboxylic acids is 2. The van der Waals surface area contributed by atoms with E-state index in [-0.39, 0.29) is 11.1 Å². The minimum absolute atomic E-state index is 0.0990. The lowest BCUT2D eigenvalue weighted by Gasteiger charge is -2.16. The molecule has 0 fully saturated rings. The number of carbonyl (C=O) groups is 2. The molecule has 1 amide bonds. The highest BCUT2D eigenvalue weighted by Gasteiger charge is 2.22. The van der Waals surface area contributed by atoms with Crippen LogP contribution in [-0.4, -0.2) is 34.1 Å². The van der Waals surface area contributed by atoms with Crippen molar-refractivity contribution in [3.63, 3.8) is 0 Å². The molecule has 0 unspecified atom stereocenters. The van der Waals surface area contributed by atoms with E-state index in [1.807, 2.05) is 6.92 Å². The van der Waals surface area contributed by atoms with Crippen molar-refractivity contribution in [3.05, 3.63) is 64.2 Å². The number of benzene rings is 2.